The van der Waals surface area contributed by atoms with Crippen LogP contribution < -0.4 is 16.8 Å². The molecule has 17 heavy (non-hydrogen) atoms. The van der Waals surface area contributed by atoms with Crippen LogP contribution in [0.2, 0.25) is 0 Å². The molecule has 1 unspecified atom stereocenters. The summed E-state index contributed by atoms with van der Waals surface area (Å²) in [5.74, 6) is -1.67. The summed E-state index contributed by atoms with van der Waals surface area (Å²) in [5, 5.41) is 2.44. The van der Waals surface area contributed by atoms with Crippen LogP contribution in [0.5, 0.6) is 0 Å². The van der Waals surface area contributed by atoms with Crippen LogP contribution in [-0.2, 0) is 14.4 Å². The Kier molecular flexibility index (Phi) is 3.62. The standard InChI is InChI=1S/C10H14N4O3/c1-13-9(17)10(4-7(11)15)3-2-6(8(12)16)14-5-10/h2,5H,3-4H2,1H3,(H2,11,15)(H2,12,16)(H,13,17). The number of rotatable bonds is 4. The van der Waals surface area contributed by atoms with Crippen molar-refractivity contribution in [3.63, 3.8) is 0 Å². The summed E-state index contributed by atoms with van der Waals surface area (Å²) >= 11 is 0. The highest BCUT2D eigenvalue weighted by Crippen LogP contribution is 2.29. The molecule has 0 aromatic rings. The molecule has 0 aromatic carbocycles. The van der Waals surface area contributed by atoms with E-state index >= 15 is 0 Å². The lowest BCUT2D eigenvalue weighted by Gasteiger charge is -2.27. The van der Waals surface area contributed by atoms with Crippen molar-refractivity contribution in [1.82, 2.24) is 5.32 Å². The number of nitrogens with two attached hydrogens (primary N) is 2. The topological polar surface area (TPSA) is 128 Å². The third-order valence-electron chi connectivity index (χ3n) is 2.53. The summed E-state index contributed by atoms with van der Waals surface area (Å²) in [7, 11) is 1.45. The van der Waals surface area contributed by atoms with Crippen LogP contribution in [0.1, 0.15) is 12.8 Å². The van der Waals surface area contributed by atoms with E-state index in [-0.39, 0.29) is 24.4 Å². The summed E-state index contributed by atoms with van der Waals surface area (Å²) in [6.07, 6.45) is 2.69. The summed E-state index contributed by atoms with van der Waals surface area (Å²) in [6.45, 7) is 0. The van der Waals surface area contributed by atoms with E-state index in [4.69, 9.17) is 11.5 Å². The van der Waals surface area contributed by atoms with E-state index < -0.39 is 17.2 Å². The average Bonchev–Trinajstić information content (AvgIpc) is 2.27. The van der Waals surface area contributed by atoms with Crippen LogP contribution in [0.4, 0.5) is 0 Å². The van der Waals surface area contributed by atoms with E-state index in [0.717, 1.165) is 0 Å². The van der Waals surface area contributed by atoms with Gasteiger partial charge < -0.3 is 16.8 Å². The van der Waals surface area contributed by atoms with Gasteiger partial charge in [-0.1, -0.05) is 6.08 Å². The molecule has 0 bridgehead atoms. The number of carbonyl (C=O) groups is 3. The zero-order valence-corrected chi connectivity index (χ0v) is 9.40. The van der Waals surface area contributed by atoms with Gasteiger partial charge in [0, 0.05) is 19.7 Å². The lowest BCUT2D eigenvalue weighted by Crippen LogP contribution is -2.44. The van der Waals surface area contributed by atoms with Crippen molar-refractivity contribution in [1.29, 1.82) is 0 Å². The predicted octanol–water partition coefficient (Wildman–Crippen LogP) is -1.56. The minimum Gasteiger partial charge on any atom is -0.370 e. The number of nitrogens with one attached hydrogen (secondary N) is 1. The van der Waals surface area contributed by atoms with Crippen LogP contribution in [0.3, 0.4) is 0 Å². The molecule has 92 valence electrons. The molecule has 1 aliphatic heterocycles. The summed E-state index contributed by atoms with van der Waals surface area (Å²) < 4.78 is 0. The molecule has 0 spiro atoms. The molecular weight excluding hydrogens is 224 g/mol. The smallest absolute Gasteiger partial charge is 0.266 e. The van der Waals surface area contributed by atoms with Crippen molar-refractivity contribution in [2.45, 2.75) is 12.8 Å². The Hall–Kier alpha value is -2.18. The lowest BCUT2D eigenvalue weighted by atomic mass is 9.79. The molecule has 7 heteroatoms. The highest BCUT2D eigenvalue weighted by molar-refractivity contribution is 6.05. The fourth-order valence-electron chi connectivity index (χ4n) is 1.65. The largest absolute Gasteiger partial charge is 0.370 e. The molecule has 1 heterocycles. The van der Waals surface area contributed by atoms with E-state index in [9.17, 15) is 14.4 Å². The maximum atomic E-state index is 11.7. The molecule has 3 amide bonds. The van der Waals surface area contributed by atoms with E-state index in [1.807, 2.05) is 0 Å². The Morgan fingerprint density at radius 1 is 1.47 bits per heavy atom. The third-order valence-corrected chi connectivity index (χ3v) is 2.53. The summed E-state index contributed by atoms with van der Waals surface area (Å²) in [6, 6.07) is 0. The number of aliphatic imine (C=N–C) groups is 1. The molecule has 0 aliphatic carbocycles. The number of hydrogen-bond donors (Lipinski definition) is 3. The van der Waals surface area contributed by atoms with E-state index in [0.29, 0.717) is 0 Å². The first-order chi connectivity index (χ1) is 7.91. The first-order valence-electron chi connectivity index (χ1n) is 4.97. The number of nitrogens with zero attached hydrogens (tertiary/aromatic N) is 1. The highest BCUT2D eigenvalue weighted by Gasteiger charge is 2.39. The van der Waals surface area contributed by atoms with Crippen molar-refractivity contribution < 1.29 is 14.4 Å². The van der Waals surface area contributed by atoms with Gasteiger partial charge in [-0.15, -0.1) is 0 Å². The van der Waals surface area contributed by atoms with Gasteiger partial charge in [0.1, 0.15) is 5.70 Å². The second-order valence-corrected chi connectivity index (χ2v) is 3.79. The van der Waals surface area contributed by atoms with Gasteiger partial charge in [-0.25, -0.2) is 0 Å². The second-order valence-electron chi connectivity index (χ2n) is 3.79. The monoisotopic (exact) mass is 238 g/mol. The van der Waals surface area contributed by atoms with Crippen LogP contribution in [0, 0.1) is 5.41 Å². The summed E-state index contributed by atoms with van der Waals surface area (Å²) in [5.41, 5.74) is 9.11. The molecule has 0 radical (unpaired) electrons. The quantitative estimate of drug-likeness (QED) is 0.547. The molecule has 1 atom stereocenters. The Morgan fingerprint density at radius 2 is 2.12 bits per heavy atom. The van der Waals surface area contributed by atoms with Crippen molar-refractivity contribution in [2.75, 3.05) is 7.05 Å². The number of carbonyl (C=O) groups excluding carboxylic acids is 3. The molecule has 0 aromatic heterocycles. The van der Waals surface area contributed by atoms with E-state index in [2.05, 4.69) is 10.3 Å². The molecule has 1 aliphatic rings. The Balaban J connectivity index is 2.99. The van der Waals surface area contributed by atoms with Crippen molar-refractivity contribution in [3.8, 4) is 0 Å². The van der Waals surface area contributed by atoms with Gasteiger partial charge >= 0.3 is 0 Å². The lowest BCUT2D eigenvalue weighted by molar-refractivity contribution is -0.131. The molecule has 0 saturated heterocycles. The fourth-order valence-corrected chi connectivity index (χ4v) is 1.65. The van der Waals surface area contributed by atoms with Crippen LogP contribution >= 0.6 is 0 Å². The molecule has 1 rings (SSSR count). The van der Waals surface area contributed by atoms with Gasteiger partial charge in [-0.2, -0.15) is 0 Å². The Labute approximate surface area is 97.9 Å². The maximum Gasteiger partial charge on any atom is 0.266 e. The average molecular weight is 238 g/mol. The predicted molar refractivity (Wildman–Crippen MR) is 60.7 cm³/mol. The van der Waals surface area contributed by atoms with Gasteiger partial charge in [0.15, 0.2) is 0 Å². The maximum absolute atomic E-state index is 11.7. The van der Waals surface area contributed by atoms with E-state index in [1.54, 1.807) is 0 Å². The number of primary amides is 2. The fraction of sp³-hybridized carbons (Fsp3) is 0.400. The van der Waals surface area contributed by atoms with Crippen molar-refractivity contribution in [2.24, 2.45) is 21.9 Å². The molecule has 0 fully saturated rings. The molecule has 7 nitrogen and oxygen atoms in total. The van der Waals surface area contributed by atoms with Crippen molar-refractivity contribution in [3.05, 3.63) is 11.8 Å². The highest BCUT2D eigenvalue weighted by atomic mass is 16.2. The van der Waals surface area contributed by atoms with Gasteiger partial charge in [0.25, 0.3) is 5.91 Å². The number of allylic oxidation sites excluding steroid dienone is 1. The molecule has 5 N–H and O–H groups in total. The van der Waals surface area contributed by atoms with E-state index in [1.165, 1.54) is 19.3 Å². The van der Waals surface area contributed by atoms with Crippen molar-refractivity contribution >= 4 is 23.9 Å². The van der Waals surface area contributed by atoms with Gasteiger partial charge in [0.2, 0.25) is 11.8 Å². The minimum atomic E-state index is -1.13. The Bertz CT molecular complexity index is 427. The minimum absolute atomic E-state index is 0.0778. The SMILES string of the molecule is CNC(=O)C1(CC(N)=O)C=NC(C(N)=O)=CC1. The first kappa shape index (κ1) is 12.9. The number of amides is 3. The van der Waals surface area contributed by atoms with Crippen LogP contribution in [-0.4, -0.2) is 31.0 Å². The van der Waals surface area contributed by atoms with Crippen LogP contribution in [0.15, 0.2) is 16.8 Å². The van der Waals surface area contributed by atoms with Gasteiger partial charge in [0.05, 0.1) is 5.41 Å². The normalized spacial score (nSPS) is 22.8. The Morgan fingerprint density at radius 3 is 2.47 bits per heavy atom. The van der Waals surface area contributed by atoms with Crippen LogP contribution in [0.25, 0.3) is 0 Å². The van der Waals surface area contributed by atoms with Gasteiger partial charge in [-0.3, -0.25) is 19.4 Å². The zero-order chi connectivity index (χ0) is 13.1. The molecular formula is C10H14N4O3. The zero-order valence-electron chi connectivity index (χ0n) is 9.40. The summed E-state index contributed by atoms with van der Waals surface area (Å²) in [4.78, 5) is 37.4. The number of hydrogen-bond acceptors (Lipinski definition) is 4. The first-order valence-corrected chi connectivity index (χ1v) is 4.97. The van der Waals surface area contributed by atoms with Gasteiger partial charge in [-0.05, 0) is 6.42 Å². The third kappa shape index (κ3) is 2.68. The molecule has 0 saturated carbocycles. The second kappa shape index (κ2) is 4.77.